The lowest BCUT2D eigenvalue weighted by Gasteiger charge is -2.08. The van der Waals surface area contributed by atoms with Gasteiger partial charge in [0.15, 0.2) is 0 Å². The topological polar surface area (TPSA) is 83.5 Å². The molecule has 0 heterocycles. The summed E-state index contributed by atoms with van der Waals surface area (Å²) < 4.78 is 0.819. The van der Waals surface area contributed by atoms with E-state index >= 15 is 0 Å². The van der Waals surface area contributed by atoms with Crippen LogP contribution in [-0.4, -0.2) is 22.2 Å². The molecule has 0 spiro atoms. The van der Waals surface area contributed by atoms with Crippen LogP contribution >= 0.6 is 22.6 Å². The van der Waals surface area contributed by atoms with Crippen LogP contribution in [0.25, 0.3) is 0 Å². The van der Waals surface area contributed by atoms with E-state index in [1.165, 1.54) is 6.07 Å². The number of halogens is 1. The van der Waals surface area contributed by atoms with Crippen molar-refractivity contribution in [2.75, 3.05) is 0 Å². The Bertz CT molecular complexity index is 354. The van der Waals surface area contributed by atoms with Gasteiger partial charge in [-0.2, -0.15) is 0 Å². The zero-order valence-electron chi connectivity index (χ0n) is 7.27. The van der Waals surface area contributed by atoms with Crippen LogP contribution in [0.5, 0.6) is 5.75 Å². The van der Waals surface area contributed by atoms with Gasteiger partial charge in [-0.3, -0.25) is 4.79 Å². The van der Waals surface area contributed by atoms with Crippen molar-refractivity contribution in [1.82, 2.24) is 0 Å². The smallest absolute Gasteiger partial charge is 0.320 e. The van der Waals surface area contributed by atoms with Gasteiger partial charge in [0.1, 0.15) is 11.8 Å². The molecule has 1 aromatic rings. The average Bonchev–Trinajstić information content (AvgIpc) is 2.09. The van der Waals surface area contributed by atoms with Gasteiger partial charge >= 0.3 is 5.97 Å². The largest absolute Gasteiger partial charge is 0.508 e. The molecule has 0 unspecified atom stereocenters. The highest BCUT2D eigenvalue weighted by Crippen LogP contribution is 2.19. The molecule has 0 bridgehead atoms. The molecule has 1 aromatic carbocycles. The van der Waals surface area contributed by atoms with Crippen LogP contribution in [0.4, 0.5) is 0 Å². The molecule has 0 saturated heterocycles. The average molecular weight is 302 g/mol. The fraction of sp³-hybridized carbons (Fsp3) is 0.222. The predicted octanol–water partition coefficient (Wildman–Crippen LogP) is 0.951. The summed E-state index contributed by atoms with van der Waals surface area (Å²) in [6.07, 6.45) is 0.272. The van der Waals surface area contributed by atoms with Gasteiger partial charge in [-0.15, -0.1) is 0 Å². The molecule has 4 N–H and O–H groups in total. The number of carboxylic acids is 1. The minimum atomic E-state index is -1.02. The Morgan fingerprint density at radius 1 is 1.57 bits per heavy atom. The number of carboxylic acid groups (broad SMARTS) is 1. The number of hydrogen-bond acceptors (Lipinski definition) is 3. The summed E-state index contributed by atoms with van der Waals surface area (Å²) in [4.78, 5) is 10.5. The lowest BCUT2D eigenvalue weighted by Crippen LogP contribution is -2.32. The minimum absolute atomic E-state index is 0.169. The van der Waals surface area contributed by atoms with E-state index in [4.69, 9.17) is 15.9 Å². The van der Waals surface area contributed by atoms with Gasteiger partial charge in [-0.05, 0) is 46.7 Å². The van der Waals surface area contributed by atoms with Crippen LogP contribution in [-0.2, 0) is 11.2 Å². The number of rotatable bonds is 3. The molecular formula is C9H10INO3. The van der Waals surface area contributed by atoms with E-state index in [0.717, 1.165) is 9.13 Å². The normalized spacial score (nSPS) is 12.4. The van der Waals surface area contributed by atoms with Crippen molar-refractivity contribution >= 4 is 28.6 Å². The van der Waals surface area contributed by atoms with E-state index in [1.54, 1.807) is 12.1 Å². The van der Waals surface area contributed by atoms with Crippen LogP contribution in [0.1, 0.15) is 5.56 Å². The van der Waals surface area contributed by atoms with Gasteiger partial charge in [-0.25, -0.2) is 0 Å². The molecule has 0 amide bonds. The van der Waals surface area contributed by atoms with Gasteiger partial charge in [-0.1, -0.05) is 6.07 Å². The third-order valence-electron chi connectivity index (χ3n) is 1.79. The Kier molecular flexibility index (Phi) is 3.70. The summed E-state index contributed by atoms with van der Waals surface area (Å²) >= 11 is 2.03. The molecular weight excluding hydrogens is 292 g/mol. The summed E-state index contributed by atoms with van der Waals surface area (Å²) in [6.45, 7) is 0. The number of phenols is 1. The van der Waals surface area contributed by atoms with Crippen molar-refractivity contribution in [3.05, 3.63) is 27.3 Å². The highest BCUT2D eigenvalue weighted by atomic mass is 122. The highest BCUT2D eigenvalue weighted by molar-refractivity contribution is 14.1. The minimum Gasteiger partial charge on any atom is -0.508 e. The number of hydrogen-bond donors (Lipinski definition) is 3. The molecule has 0 radical (unpaired) electrons. The van der Waals surface area contributed by atoms with Gasteiger partial charge in [0, 0.05) is 3.57 Å². The van der Waals surface area contributed by atoms with Crippen LogP contribution in [0, 0.1) is 3.57 Å². The summed E-state index contributed by atoms with van der Waals surface area (Å²) in [7, 11) is 0. The van der Waals surface area contributed by atoms with Gasteiger partial charge < -0.3 is 15.9 Å². The lowest BCUT2D eigenvalue weighted by atomic mass is 10.1. The molecule has 1 rings (SSSR count). The van der Waals surface area contributed by atoms with E-state index in [0.29, 0.717) is 0 Å². The van der Waals surface area contributed by atoms with Gasteiger partial charge in [0.2, 0.25) is 0 Å². The maximum atomic E-state index is 10.5. The quantitative estimate of drug-likeness (QED) is 0.726. The molecule has 76 valence electrons. The first-order valence-electron chi connectivity index (χ1n) is 3.96. The molecule has 0 aliphatic carbocycles. The van der Waals surface area contributed by atoms with Crippen molar-refractivity contribution < 1.29 is 15.0 Å². The fourth-order valence-electron chi connectivity index (χ4n) is 1.03. The van der Waals surface area contributed by atoms with E-state index in [1.807, 2.05) is 22.6 Å². The number of carbonyl (C=O) groups is 1. The molecule has 0 aliphatic rings. The summed E-state index contributed by atoms with van der Waals surface area (Å²) in [5.41, 5.74) is 6.22. The second-order valence-electron chi connectivity index (χ2n) is 2.92. The molecule has 0 saturated carbocycles. The predicted molar refractivity (Wildman–Crippen MR) is 60.1 cm³/mol. The first-order chi connectivity index (χ1) is 6.50. The summed E-state index contributed by atoms with van der Waals surface area (Å²) in [6, 6.07) is 3.88. The van der Waals surface area contributed by atoms with Crippen LogP contribution in [0.2, 0.25) is 0 Å². The van der Waals surface area contributed by atoms with E-state index in [-0.39, 0.29) is 12.2 Å². The van der Waals surface area contributed by atoms with Crippen molar-refractivity contribution in [1.29, 1.82) is 0 Å². The van der Waals surface area contributed by atoms with E-state index in [9.17, 15) is 4.79 Å². The Morgan fingerprint density at radius 2 is 2.21 bits per heavy atom. The van der Waals surface area contributed by atoms with Gasteiger partial charge in [0.25, 0.3) is 0 Å². The third-order valence-corrected chi connectivity index (χ3v) is 2.80. The monoisotopic (exact) mass is 302 g/mol. The fourth-order valence-corrected chi connectivity index (χ4v) is 1.75. The van der Waals surface area contributed by atoms with Crippen LogP contribution < -0.4 is 5.73 Å². The Hall–Kier alpha value is -0.820. The molecule has 5 heteroatoms. The first kappa shape index (κ1) is 11.3. The summed E-state index contributed by atoms with van der Waals surface area (Å²) in [5, 5.41) is 17.7. The van der Waals surface area contributed by atoms with Crippen LogP contribution in [0.3, 0.4) is 0 Å². The van der Waals surface area contributed by atoms with E-state index < -0.39 is 12.0 Å². The molecule has 0 aromatic heterocycles. The number of aliphatic carboxylic acids is 1. The van der Waals surface area contributed by atoms with Crippen molar-refractivity contribution in [3.8, 4) is 5.75 Å². The number of phenolic OH excluding ortho intramolecular Hbond substituents is 1. The zero-order chi connectivity index (χ0) is 10.7. The number of nitrogens with two attached hydrogens (primary N) is 1. The zero-order valence-corrected chi connectivity index (χ0v) is 9.43. The second kappa shape index (κ2) is 4.61. The lowest BCUT2D eigenvalue weighted by molar-refractivity contribution is -0.138. The SMILES string of the molecule is N[C@H](Cc1ccc(O)cc1[122I])C(=O)O. The summed E-state index contributed by atoms with van der Waals surface area (Å²) in [5.74, 6) is -0.851. The van der Waals surface area contributed by atoms with Crippen molar-refractivity contribution in [2.24, 2.45) is 5.73 Å². The Labute approximate surface area is 94.9 Å². The second-order valence-corrected chi connectivity index (χ2v) is 4.09. The standard InChI is InChI=1S/C9H10INO3/c10-7-4-6(12)2-1-5(7)3-8(11)9(13)14/h1-2,4,8,12H,3,11H2,(H,13,14)/t8-/m1/s1/i10-5. The highest BCUT2D eigenvalue weighted by Gasteiger charge is 2.13. The molecule has 0 aliphatic heterocycles. The van der Waals surface area contributed by atoms with E-state index in [2.05, 4.69) is 0 Å². The Morgan fingerprint density at radius 3 is 2.71 bits per heavy atom. The maximum Gasteiger partial charge on any atom is 0.320 e. The molecule has 1 atom stereocenters. The third kappa shape index (κ3) is 2.85. The Balaban J connectivity index is 2.82. The van der Waals surface area contributed by atoms with Crippen LogP contribution in [0.15, 0.2) is 18.2 Å². The molecule has 14 heavy (non-hydrogen) atoms. The van der Waals surface area contributed by atoms with Crippen molar-refractivity contribution in [3.63, 3.8) is 0 Å². The molecule has 4 nitrogen and oxygen atoms in total. The molecule has 0 fully saturated rings. The van der Waals surface area contributed by atoms with Gasteiger partial charge in [0.05, 0.1) is 0 Å². The first-order valence-corrected chi connectivity index (χ1v) is 5.04. The maximum absolute atomic E-state index is 10.5. The van der Waals surface area contributed by atoms with Crippen molar-refractivity contribution in [2.45, 2.75) is 12.5 Å². The number of benzene rings is 1. The number of aromatic hydroxyl groups is 1.